The highest BCUT2D eigenvalue weighted by atomic mass is 35.5. The van der Waals surface area contributed by atoms with E-state index in [1.54, 1.807) is 6.07 Å². The quantitative estimate of drug-likeness (QED) is 0.385. The van der Waals surface area contributed by atoms with Gasteiger partial charge in [0.2, 0.25) is 6.23 Å². The molecular weight excluding hydrogens is 439 g/mol. The van der Waals surface area contributed by atoms with Gasteiger partial charge in [-0.1, -0.05) is 98.1 Å². The van der Waals surface area contributed by atoms with E-state index in [0.717, 1.165) is 28.8 Å². The van der Waals surface area contributed by atoms with Crippen LogP contribution in [0.1, 0.15) is 67.3 Å². The van der Waals surface area contributed by atoms with Crippen LogP contribution in [-0.4, -0.2) is 10.7 Å². The number of benzene rings is 3. The fourth-order valence-corrected chi connectivity index (χ4v) is 4.96. The predicted octanol–water partition coefficient (Wildman–Crippen LogP) is 7.84. The van der Waals surface area contributed by atoms with Crippen molar-refractivity contribution < 1.29 is 4.74 Å². The molecule has 2 atom stereocenters. The molecule has 0 saturated carbocycles. The number of fused-ring (bicyclic) bond motifs is 3. The molecule has 164 valence electrons. The Morgan fingerprint density at radius 3 is 2.31 bits per heavy atom. The van der Waals surface area contributed by atoms with Crippen LogP contribution in [0.4, 0.5) is 0 Å². The van der Waals surface area contributed by atoms with Crippen LogP contribution in [-0.2, 0) is 5.41 Å². The first-order chi connectivity index (χ1) is 15.2. The van der Waals surface area contributed by atoms with Gasteiger partial charge in [0, 0.05) is 22.6 Å². The first kappa shape index (κ1) is 21.4. The van der Waals surface area contributed by atoms with Crippen LogP contribution in [0.3, 0.4) is 0 Å². The van der Waals surface area contributed by atoms with Gasteiger partial charge in [0.05, 0.1) is 16.8 Å². The maximum Gasteiger partial charge on any atom is 0.213 e. The third-order valence-electron chi connectivity index (χ3n) is 6.25. The molecule has 0 radical (unpaired) electrons. The number of ether oxygens (including phenoxy) is 1. The van der Waals surface area contributed by atoms with Crippen molar-refractivity contribution >= 4 is 28.9 Å². The monoisotopic (exact) mass is 464 g/mol. The lowest BCUT2D eigenvalue weighted by molar-refractivity contribution is -0.0189. The molecule has 0 spiro atoms. The smallest absolute Gasteiger partial charge is 0.213 e. The van der Waals surface area contributed by atoms with Crippen molar-refractivity contribution in [3.05, 3.63) is 98.5 Å². The van der Waals surface area contributed by atoms with Gasteiger partial charge in [-0.3, -0.25) is 0 Å². The summed E-state index contributed by atoms with van der Waals surface area (Å²) < 4.78 is 6.47. The van der Waals surface area contributed by atoms with Crippen LogP contribution in [0, 0.1) is 6.92 Å². The molecule has 5 heteroatoms. The van der Waals surface area contributed by atoms with Gasteiger partial charge in [0.25, 0.3) is 0 Å². The molecule has 0 aliphatic carbocycles. The molecule has 5 rings (SSSR count). The van der Waals surface area contributed by atoms with Crippen molar-refractivity contribution in [2.24, 2.45) is 5.10 Å². The minimum Gasteiger partial charge on any atom is -0.463 e. The van der Waals surface area contributed by atoms with Gasteiger partial charge in [-0.25, -0.2) is 5.01 Å². The summed E-state index contributed by atoms with van der Waals surface area (Å²) in [6, 6.07) is 20.8. The van der Waals surface area contributed by atoms with E-state index in [1.807, 2.05) is 6.07 Å². The molecule has 3 aromatic carbocycles. The zero-order valence-corrected chi connectivity index (χ0v) is 20.2. The summed E-state index contributed by atoms with van der Waals surface area (Å²) in [6.07, 6.45) is 0.412. The summed E-state index contributed by atoms with van der Waals surface area (Å²) in [4.78, 5) is 0. The van der Waals surface area contributed by atoms with Crippen LogP contribution in [0.25, 0.3) is 0 Å². The number of rotatable bonds is 2. The van der Waals surface area contributed by atoms with Crippen molar-refractivity contribution in [2.75, 3.05) is 0 Å². The second kappa shape index (κ2) is 7.83. The Morgan fingerprint density at radius 1 is 0.969 bits per heavy atom. The van der Waals surface area contributed by atoms with Gasteiger partial charge >= 0.3 is 0 Å². The summed E-state index contributed by atoms with van der Waals surface area (Å²) in [6.45, 7) is 8.74. The van der Waals surface area contributed by atoms with Gasteiger partial charge < -0.3 is 4.74 Å². The lowest BCUT2D eigenvalue weighted by Crippen LogP contribution is -2.34. The van der Waals surface area contributed by atoms with E-state index in [1.165, 1.54) is 11.1 Å². The number of hydrazone groups is 1. The van der Waals surface area contributed by atoms with Crippen LogP contribution < -0.4 is 4.74 Å². The normalized spacial score (nSPS) is 19.8. The van der Waals surface area contributed by atoms with E-state index in [4.69, 9.17) is 33.0 Å². The lowest BCUT2D eigenvalue weighted by Gasteiger charge is -2.38. The van der Waals surface area contributed by atoms with Gasteiger partial charge in [0.1, 0.15) is 5.75 Å². The molecule has 2 aliphatic rings. The zero-order chi connectivity index (χ0) is 22.6. The third kappa shape index (κ3) is 3.78. The Labute approximate surface area is 199 Å². The maximum atomic E-state index is 6.58. The average molecular weight is 465 g/mol. The first-order valence-corrected chi connectivity index (χ1v) is 11.7. The minimum absolute atomic E-state index is 0.0125. The van der Waals surface area contributed by atoms with Crippen LogP contribution in [0.5, 0.6) is 5.75 Å². The van der Waals surface area contributed by atoms with E-state index in [-0.39, 0.29) is 17.7 Å². The number of halogens is 2. The zero-order valence-electron chi connectivity index (χ0n) is 18.7. The second-order valence-corrected chi connectivity index (χ2v) is 10.5. The fraction of sp³-hybridized carbons (Fsp3) is 0.296. The van der Waals surface area contributed by atoms with E-state index >= 15 is 0 Å². The van der Waals surface area contributed by atoms with Crippen molar-refractivity contribution in [3.8, 4) is 5.75 Å². The van der Waals surface area contributed by atoms with Gasteiger partial charge in [0.15, 0.2) is 0 Å². The highest BCUT2D eigenvalue weighted by Gasteiger charge is 2.42. The SMILES string of the molecule is Cc1ccc(C2=NN3[C@H](C2)c2cc(Cl)cc(Cl)c2O[C@@H]3c2ccc(C(C)(C)C)cc2)cc1. The summed E-state index contributed by atoms with van der Waals surface area (Å²) >= 11 is 12.9. The number of aryl methyl sites for hydroxylation is 1. The van der Waals surface area contributed by atoms with Crippen molar-refractivity contribution in [1.29, 1.82) is 0 Å². The second-order valence-electron chi connectivity index (χ2n) is 9.66. The molecule has 0 aromatic heterocycles. The van der Waals surface area contributed by atoms with E-state index in [0.29, 0.717) is 15.8 Å². The highest BCUT2D eigenvalue weighted by molar-refractivity contribution is 6.35. The molecule has 2 aliphatic heterocycles. The minimum atomic E-state index is -0.358. The molecule has 0 fully saturated rings. The molecule has 0 unspecified atom stereocenters. The fourth-order valence-electron chi connectivity index (χ4n) is 4.40. The Bertz CT molecular complexity index is 1190. The first-order valence-electron chi connectivity index (χ1n) is 10.9. The molecule has 3 nitrogen and oxygen atoms in total. The average Bonchev–Trinajstić information content (AvgIpc) is 3.19. The van der Waals surface area contributed by atoms with Crippen LogP contribution >= 0.6 is 23.2 Å². The Balaban J connectivity index is 1.59. The maximum absolute atomic E-state index is 6.58. The Hall–Kier alpha value is -2.49. The van der Waals surface area contributed by atoms with Crippen molar-refractivity contribution in [2.45, 2.75) is 51.8 Å². The van der Waals surface area contributed by atoms with Gasteiger partial charge in [-0.05, 0) is 35.6 Å². The molecule has 0 amide bonds. The molecule has 32 heavy (non-hydrogen) atoms. The lowest BCUT2D eigenvalue weighted by atomic mass is 9.86. The number of hydrogen-bond acceptors (Lipinski definition) is 3. The van der Waals surface area contributed by atoms with E-state index < -0.39 is 0 Å². The summed E-state index contributed by atoms with van der Waals surface area (Å²) in [5.74, 6) is 0.697. The Morgan fingerprint density at radius 2 is 1.66 bits per heavy atom. The van der Waals surface area contributed by atoms with Crippen LogP contribution in [0.2, 0.25) is 10.0 Å². The van der Waals surface area contributed by atoms with Gasteiger partial charge in [-0.2, -0.15) is 5.10 Å². The third-order valence-corrected chi connectivity index (χ3v) is 6.75. The summed E-state index contributed by atoms with van der Waals surface area (Å²) in [7, 11) is 0. The number of nitrogens with zero attached hydrogens (tertiary/aromatic N) is 2. The topological polar surface area (TPSA) is 24.8 Å². The van der Waals surface area contributed by atoms with E-state index in [9.17, 15) is 0 Å². The molecule has 0 N–H and O–H groups in total. The molecular formula is C27H26Cl2N2O. The predicted molar refractivity (Wildman–Crippen MR) is 132 cm³/mol. The van der Waals surface area contributed by atoms with Crippen LogP contribution in [0.15, 0.2) is 65.8 Å². The number of hydrogen-bond donors (Lipinski definition) is 0. The van der Waals surface area contributed by atoms with Crippen molar-refractivity contribution in [3.63, 3.8) is 0 Å². The summed E-state index contributed by atoms with van der Waals surface area (Å²) in [5.41, 5.74) is 6.80. The molecule has 0 saturated heterocycles. The standard InChI is InChI=1S/C27H26Cl2N2O/c1-16-5-7-17(8-6-16)23-15-24-21-13-20(28)14-22(29)25(21)32-26(31(24)30-23)18-9-11-19(12-10-18)27(2,3)4/h5-14,24,26H,15H2,1-4H3/t24-,26-/m1/s1. The largest absolute Gasteiger partial charge is 0.463 e. The summed E-state index contributed by atoms with van der Waals surface area (Å²) in [5, 5.41) is 8.24. The molecule has 0 bridgehead atoms. The molecule has 2 heterocycles. The highest BCUT2D eigenvalue weighted by Crippen LogP contribution is 2.50. The molecule has 3 aromatic rings. The van der Waals surface area contributed by atoms with E-state index in [2.05, 4.69) is 81.2 Å². The van der Waals surface area contributed by atoms with Gasteiger partial charge in [-0.15, -0.1) is 0 Å². The van der Waals surface area contributed by atoms with Crippen molar-refractivity contribution in [1.82, 2.24) is 5.01 Å². The Kier molecular flexibility index (Phi) is 5.22.